The second kappa shape index (κ2) is 5.46. The molecule has 1 atom stereocenters. The molecule has 0 aromatic rings. The van der Waals surface area contributed by atoms with Crippen molar-refractivity contribution in [2.45, 2.75) is 25.3 Å². The predicted octanol–water partition coefficient (Wildman–Crippen LogP) is -0.277. The van der Waals surface area contributed by atoms with Crippen molar-refractivity contribution < 1.29 is 19.5 Å². The quantitative estimate of drug-likeness (QED) is 0.737. The van der Waals surface area contributed by atoms with Gasteiger partial charge in [0.2, 0.25) is 5.91 Å². The molecule has 0 spiro atoms. The van der Waals surface area contributed by atoms with Crippen LogP contribution in [-0.4, -0.2) is 65.5 Å². The van der Waals surface area contributed by atoms with Crippen LogP contribution in [0.25, 0.3) is 0 Å². The SMILES string of the molecule is CN1CC(NC(=O)N2CC(CC(=O)O)C2)CCC1=O. The average molecular weight is 269 g/mol. The Balaban J connectivity index is 1.71. The van der Waals surface area contributed by atoms with Crippen LogP contribution in [0, 0.1) is 5.92 Å². The van der Waals surface area contributed by atoms with Gasteiger partial charge < -0.3 is 20.2 Å². The van der Waals surface area contributed by atoms with Crippen molar-refractivity contribution in [1.82, 2.24) is 15.1 Å². The van der Waals surface area contributed by atoms with Gasteiger partial charge in [-0.3, -0.25) is 9.59 Å². The van der Waals surface area contributed by atoms with E-state index in [2.05, 4.69) is 5.32 Å². The standard InChI is InChI=1S/C12H19N3O4/c1-14-7-9(2-3-10(14)16)13-12(19)15-5-8(6-15)4-11(17)18/h8-9H,2-7H2,1H3,(H,13,19)(H,17,18). The highest BCUT2D eigenvalue weighted by Crippen LogP contribution is 2.19. The normalized spacial score (nSPS) is 24.1. The number of urea groups is 1. The van der Waals surface area contributed by atoms with Crippen LogP contribution in [0.5, 0.6) is 0 Å². The maximum Gasteiger partial charge on any atom is 0.317 e. The molecule has 0 radical (unpaired) electrons. The fraction of sp³-hybridized carbons (Fsp3) is 0.750. The molecule has 2 N–H and O–H groups in total. The molecule has 7 nitrogen and oxygen atoms in total. The van der Waals surface area contributed by atoms with Crippen LogP contribution in [0.4, 0.5) is 4.79 Å². The molecule has 2 aliphatic rings. The molecule has 7 heteroatoms. The summed E-state index contributed by atoms with van der Waals surface area (Å²) in [6.07, 6.45) is 1.24. The topological polar surface area (TPSA) is 90.0 Å². The minimum atomic E-state index is -0.822. The number of carboxylic acids is 1. The number of likely N-dealkylation sites (N-methyl/N-ethyl adjacent to an activating group) is 1. The Bertz CT molecular complexity index is 392. The van der Waals surface area contributed by atoms with E-state index >= 15 is 0 Å². The molecule has 0 saturated carbocycles. The Labute approximate surface area is 111 Å². The summed E-state index contributed by atoms with van der Waals surface area (Å²) in [7, 11) is 1.73. The number of amides is 3. The number of carbonyl (C=O) groups excluding carboxylic acids is 2. The Kier molecular flexibility index (Phi) is 3.92. The van der Waals surface area contributed by atoms with Gasteiger partial charge in [0.05, 0.1) is 6.42 Å². The number of hydrogen-bond acceptors (Lipinski definition) is 3. The number of likely N-dealkylation sites (tertiary alicyclic amines) is 2. The summed E-state index contributed by atoms with van der Waals surface area (Å²) in [6, 6.07) is -0.164. The zero-order chi connectivity index (χ0) is 14.0. The smallest absolute Gasteiger partial charge is 0.317 e. The third-order valence-electron chi connectivity index (χ3n) is 3.66. The highest BCUT2D eigenvalue weighted by Gasteiger charge is 2.33. The van der Waals surface area contributed by atoms with Crippen molar-refractivity contribution in [1.29, 1.82) is 0 Å². The summed E-state index contributed by atoms with van der Waals surface area (Å²) in [5.41, 5.74) is 0. The number of nitrogens with zero attached hydrogens (tertiary/aromatic N) is 2. The molecule has 2 aliphatic heterocycles. The van der Waals surface area contributed by atoms with Crippen molar-refractivity contribution in [2.75, 3.05) is 26.7 Å². The Morgan fingerprint density at radius 1 is 1.37 bits per heavy atom. The van der Waals surface area contributed by atoms with E-state index < -0.39 is 5.97 Å². The number of carbonyl (C=O) groups is 3. The molecule has 3 amide bonds. The van der Waals surface area contributed by atoms with E-state index in [1.54, 1.807) is 16.8 Å². The maximum atomic E-state index is 11.9. The highest BCUT2D eigenvalue weighted by molar-refractivity contribution is 5.78. The van der Waals surface area contributed by atoms with Crippen molar-refractivity contribution >= 4 is 17.9 Å². The molecule has 0 bridgehead atoms. The van der Waals surface area contributed by atoms with E-state index in [1.807, 2.05) is 0 Å². The number of carboxylic acid groups (broad SMARTS) is 1. The molecule has 2 saturated heterocycles. The molecule has 1 unspecified atom stereocenters. The lowest BCUT2D eigenvalue weighted by molar-refractivity contribution is -0.139. The first-order chi connectivity index (χ1) is 8.95. The third-order valence-corrected chi connectivity index (χ3v) is 3.66. The number of rotatable bonds is 3. The number of piperidine rings is 1. The zero-order valence-electron chi connectivity index (χ0n) is 11.0. The molecular formula is C12H19N3O4. The van der Waals surface area contributed by atoms with E-state index in [9.17, 15) is 14.4 Å². The van der Waals surface area contributed by atoms with E-state index in [0.717, 1.165) is 0 Å². The van der Waals surface area contributed by atoms with Gasteiger partial charge in [-0.05, 0) is 6.42 Å². The van der Waals surface area contributed by atoms with E-state index in [4.69, 9.17) is 5.11 Å². The molecule has 0 aliphatic carbocycles. The molecule has 106 valence electrons. The largest absolute Gasteiger partial charge is 0.481 e. The lowest BCUT2D eigenvalue weighted by Crippen LogP contribution is -2.58. The van der Waals surface area contributed by atoms with Crippen molar-refractivity contribution in [3.8, 4) is 0 Å². The summed E-state index contributed by atoms with van der Waals surface area (Å²) in [4.78, 5) is 36.9. The monoisotopic (exact) mass is 269 g/mol. The van der Waals surface area contributed by atoms with Crippen molar-refractivity contribution in [3.63, 3.8) is 0 Å². The van der Waals surface area contributed by atoms with Crippen LogP contribution in [0.3, 0.4) is 0 Å². The fourth-order valence-electron chi connectivity index (χ4n) is 2.51. The summed E-state index contributed by atoms with van der Waals surface area (Å²) in [5.74, 6) is -0.646. The van der Waals surface area contributed by atoms with Gasteiger partial charge in [-0.25, -0.2) is 4.79 Å². The first-order valence-corrected chi connectivity index (χ1v) is 6.47. The van der Waals surface area contributed by atoms with E-state index in [-0.39, 0.29) is 30.3 Å². The molecule has 0 aromatic heterocycles. The third kappa shape index (κ3) is 3.36. The first-order valence-electron chi connectivity index (χ1n) is 6.47. The molecule has 0 aromatic carbocycles. The second-order valence-corrected chi connectivity index (χ2v) is 5.33. The van der Waals surface area contributed by atoms with Gasteiger partial charge in [0.25, 0.3) is 0 Å². The minimum absolute atomic E-state index is 0.00581. The molecule has 2 fully saturated rings. The predicted molar refractivity (Wildman–Crippen MR) is 66.5 cm³/mol. The summed E-state index contributed by atoms with van der Waals surface area (Å²) < 4.78 is 0. The van der Waals surface area contributed by atoms with Gasteiger partial charge in [0.15, 0.2) is 0 Å². The van der Waals surface area contributed by atoms with Gasteiger partial charge in [-0.1, -0.05) is 0 Å². The Morgan fingerprint density at radius 2 is 2.05 bits per heavy atom. The number of aliphatic carboxylic acids is 1. The van der Waals surface area contributed by atoms with Gasteiger partial charge in [0.1, 0.15) is 0 Å². The summed E-state index contributed by atoms with van der Waals surface area (Å²) in [6.45, 7) is 1.54. The van der Waals surface area contributed by atoms with Crippen LogP contribution in [0.15, 0.2) is 0 Å². The van der Waals surface area contributed by atoms with Gasteiger partial charge in [-0.15, -0.1) is 0 Å². The van der Waals surface area contributed by atoms with E-state index in [1.165, 1.54) is 0 Å². The van der Waals surface area contributed by atoms with Gasteiger partial charge >= 0.3 is 12.0 Å². The fourth-order valence-corrected chi connectivity index (χ4v) is 2.51. The lowest BCUT2D eigenvalue weighted by atomic mass is 9.97. The van der Waals surface area contributed by atoms with Crippen molar-refractivity contribution in [2.24, 2.45) is 5.92 Å². The van der Waals surface area contributed by atoms with Gasteiger partial charge in [-0.2, -0.15) is 0 Å². The minimum Gasteiger partial charge on any atom is -0.481 e. The van der Waals surface area contributed by atoms with Crippen LogP contribution < -0.4 is 5.32 Å². The van der Waals surface area contributed by atoms with Crippen LogP contribution in [-0.2, 0) is 9.59 Å². The van der Waals surface area contributed by atoms with Crippen LogP contribution in [0.1, 0.15) is 19.3 Å². The number of nitrogens with one attached hydrogen (secondary N) is 1. The molecular weight excluding hydrogens is 250 g/mol. The first kappa shape index (κ1) is 13.6. The van der Waals surface area contributed by atoms with E-state index in [0.29, 0.717) is 32.5 Å². The van der Waals surface area contributed by atoms with Crippen molar-refractivity contribution in [3.05, 3.63) is 0 Å². The second-order valence-electron chi connectivity index (χ2n) is 5.33. The molecule has 2 heterocycles. The summed E-state index contributed by atoms with van der Waals surface area (Å²) >= 11 is 0. The number of hydrogen-bond donors (Lipinski definition) is 2. The van der Waals surface area contributed by atoms with Gasteiger partial charge in [0, 0.05) is 45.1 Å². The summed E-state index contributed by atoms with van der Waals surface area (Å²) in [5, 5.41) is 11.5. The zero-order valence-corrected chi connectivity index (χ0v) is 11.0. The Morgan fingerprint density at radius 3 is 2.63 bits per heavy atom. The average Bonchev–Trinajstić information content (AvgIpc) is 2.27. The maximum absolute atomic E-state index is 11.9. The molecule has 2 rings (SSSR count). The highest BCUT2D eigenvalue weighted by atomic mass is 16.4. The molecule has 19 heavy (non-hydrogen) atoms. The lowest BCUT2D eigenvalue weighted by Gasteiger charge is -2.40. The Hall–Kier alpha value is -1.79. The van der Waals surface area contributed by atoms with Crippen LogP contribution >= 0.6 is 0 Å². The van der Waals surface area contributed by atoms with Crippen LogP contribution in [0.2, 0.25) is 0 Å².